The van der Waals surface area contributed by atoms with Gasteiger partial charge < -0.3 is 5.32 Å². The number of hydrogen-bond donors (Lipinski definition) is 1. The van der Waals surface area contributed by atoms with E-state index in [1.54, 1.807) is 24.3 Å². The number of pyridine rings is 1. The largest absolute Gasteiger partial charge is 0.348 e. The number of nitrogens with zero attached hydrogens (tertiary/aromatic N) is 2. The minimum absolute atomic E-state index is 0.0575. The van der Waals surface area contributed by atoms with Crippen molar-refractivity contribution in [2.45, 2.75) is 6.54 Å². The third-order valence-corrected chi connectivity index (χ3v) is 3.35. The smallest absolute Gasteiger partial charge is 0.288 e. The van der Waals surface area contributed by atoms with Gasteiger partial charge in [-0.3, -0.25) is 14.9 Å². The molecule has 1 N–H and O–H groups in total. The number of carbonyl (C=O) groups is 1. The summed E-state index contributed by atoms with van der Waals surface area (Å²) in [4.78, 5) is 25.7. The van der Waals surface area contributed by atoms with Gasteiger partial charge in [0.1, 0.15) is 11.3 Å². The number of rotatable bonds is 4. The van der Waals surface area contributed by atoms with Gasteiger partial charge in [0.25, 0.3) is 11.6 Å². The van der Waals surface area contributed by atoms with Crippen molar-refractivity contribution in [1.82, 2.24) is 10.3 Å². The minimum atomic E-state index is -0.645. The fraction of sp³-hybridized carbons (Fsp3) is 0.0769. The lowest BCUT2D eigenvalue weighted by atomic mass is 10.2. The molecule has 0 radical (unpaired) electrons. The van der Waals surface area contributed by atoms with E-state index in [9.17, 15) is 14.9 Å². The summed E-state index contributed by atoms with van der Waals surface area (Å²) in [6, 6.07) is 8.10. The average Bonchev–Trinajstić information content (AvgIpc) is 2.46. The van der Waals surface area contributed by atoms with Crippen LogP contribution in [0, 0.1) is 10.1 Å². The minimum Gasteiger partial charge on any atom is -0.348 e. The number of nitro groups is 1. The van der Waals surface area contributed by atoms with Crippen molar-refractivity contribution in [3.05, 3.63) is 67.9 Å². The highest BCUT2D eigenvalue weighted by Gasteiger charge is 2.17. The first kappa shape index (κ1) is 15.2. The number of halogens is 2. The molecule has 21 heavy (non-hydrogen) atoms. The van der Waals surface area contributed by atoms with Crippen molar-refractivity contribution in [1.29, 1.82) is 0 Å². The summed E-state index contributed by atoms with van der Waals surface area (Å²) in [5.41, 5.74) is 0.363. The van der Waals surface area contributed by atoms with Crippen molar-refractivity contribution in [2.75, 3.05) is 0 Å². The molecule has 0 saturated heterocycles. The summed E-state index contributed by atoms with van der Waals surface area (Å²) in [6.45, 7) is 0.178. The molecule has 0 aliphatic carbocycles. The van der Waals surface area contributed by atoms with Crippen molar-refractivity contribution >= 4 is 34.8 Å². The molecule has 108 valence electrons. The zero-order valence-electron chi connectivity index (χ0n) is 10.5. The fourth-order valence-electron chi connectivity index (χ4n) is 1.61. The summed E-state index contributed by atoms with van der Waals surface area (Å²) in [7, 11) is 0. The number of hydrogen-bond acceptors (Lipinski definition) is 4. The molecule has 0 spiro atoms. The Morgan fingerprint density at radius 1 is 1.33 bits per heavy atom. The third kappa shape index (κ3) is 3.68. The fourth-order valence-corrected chi connectivity index (χ4v) is 2.00. The van der Waals surface area contributed by atoms with Gasteiger partial charge in [0, 0.05) is 17.6 Å². The Kier molecular flexibility index (Phi) is 4.72. The molecule has 1 aromatic carbocycles. The predicted octanol–water partition coefficient (Wildman–Crippen LogP) is 3.23. The van der Waals surface area contributed by atoms with Crippen molar-refractivity contribution < 1.29 is 9.72 Å². The maximum absolute atomic E-state index is 12.0. The molecule has 1 heterocycles. The number of benzene rings is 1. The molecule has 6 nitrogen and oxygen atoms in total. The Labute approximate surface area is 129 Å². The molecule has 0 saturated carbocycles. The highest BCUT2D eigenvalue weighted by Crippen LogP contribution is 2.19. The molecular weight excluding hydrogens is 317 g/mol. The molecule has 0 aliphatic rings. The first-order valence-corrected chi connectivity index (χ1v) is 6.56. The van der Waals surface area contributed by atoms with Gasteiger partial charge in [-0.05, 0) is 11.6 Å². The van der Waals surface area contributed by atoms with Crippen LogP contribution in [0.2, 0.25) is 10.2 Å². The van der Waals surface area contributed by atoms with Gasteiger partial charge in [0.2, 0.25) is 0 Å². The summed E-state index contributed by atoms with van der Waals surface area (Å²) >= 11 is 11.8. The van der Waals surface area contributed by atoms with E-state index in [1.165, 1.54) is 0 Å². The van der Waals surface area contributed by atoms with Crippen LogP contribution in [-0.4, -0.2) is 15.8 Å². The van der Waals surface area contributed by atoms with E-state index in [4.69, 9.17) is 23.2 Å². The Bertz CT molecular complexity index is 707. The molecule has 1 aromatic heterocycles. The predicted molar refractivity (Wildman–Crippen MR) is 78.5 cm³/mol. The zero-order chi connectivity index (χ0) is 15.4. The monoisotopic (exact) mass is 325 g/mol. The topological polar surface area (TPSA) is 85.1 Å². The standard InChI is InChI=1S/C13H9Cl2N3O3/c14-11-4-2-1-3-8(11)6-17-13(19)10-5-9(18(20)21)7-16-12(10)15/h1-5,7H,6H2,(H,17,19). The van der Waals surface area contributed by atoms with Crippen molar-refractivity contribution in [2.24, 2.45) is 0 Å². The van der Waals surface area contributed by atoms with Gasteiger partial charge in [-0.1, -0.05) is 41.4 Å². The van der Waals surface area contributed by atoms with Crippen molar-refractivity contribution in [3.63, 3.8) is 0 Å². The van der Waals surface area contributed by atoms with E-state index in [-0.39, 0.29) is 22.9 Å². The van der Waals surface area contributed by atoms with Crippen molar-refractivity contribution in [3.8, 4) is 0 Å². The first-order valence-electron chi connectivity index (χ1n) is 5.80. The molecule has 8 heteroatoms. The lowest BCUT2D eigenvalue weighted by molar-refractivity contribution is -0.385. The zero-order valence-corrected chi connectivity index (χ0v) is 12.1. The molecular formula is C13H9Cl2N3O3. The molecule has 0 unspecified atom stereocenters. The molecule has 0 fully saturated rings. The Hall–Kier alpha value is -2.18. The summed E-state index contributed by atoms with van der Waals surface area (Å²) < 4.78 is 0. The van der Waals surface area contributed by atoms with Crippen LogP contribution in [-0.2, 0) is 6.54 Å². The second-order valence-electron chi connectivity index (χ2n) is 4.06. The van der Waals surface area contributed by atoms with Gasteiger partial charge in [-0.15, -0.1) is 0 Å². The second-order valence-corrected chi connectivity index (χ2v) is 4.83. The number of aromatic nitrogens is 1. The van der Waals surface area contributed by atoms with Gasteiger partial charge >= 0.3 is 0 Å². The molecule has 0 aliphatic heterocycles. The first-order chi connectivity index (χ1) is 9.99. The van der Waals surface area contributed by atoms with Gasteiger partial charge in [-0.2, -0.15) is 0 Å². The lowest BCUT2D eigenvalue weighted by Crippen LogP contribution is -2.23. The SMILES string of the molecule is O=C(NCc1ccccc1Cl)c1cc([N+](=O)[O-])cnc1Cl. The Morgan fingerprint density at radius 2 is 2.05 bits per heavy atom. The van der Waals surface area contributed by atoms with Crippen LogP contribution in [0.4, 0.5) is 5.69 Å². The third-order valence-electron chi connectivity index (χ3n) is 2.68. The van der Waals surface area contributed by atoms with E-state index in [0.29, 0.717) is 5.02 Å². The van der Waals surface area contributed by atoms with Crippen LogP contribution in [0.25, 0.3) is 0 Å². The highest BCUT2D eigenvalue weighted by molar-refractivity contribution is 6.32. The van der Waals surface area contributed by atoms with E-state index in [0.717, 1.165) is 17.8 Å². The molecule has 2 rings (SSSR count). The molecule has 0 bridgehead atoms. The van der Waals surface area contributed by atoms with Gasteiger partial charge in [-0.25, -0.2) is 4.98 Å². The normalized spacial score (nSPS) is 10.2. The van der Waals surface area contributed by atoms with E-state index in [1.807, 2.05) is 0 Å². The van der Waals surface area contributed by atoms with Crippen LogP contribution >= 0.6 is 23.2 Å². The quantitative estimate of drug-likeness (QED) is 0.531. The number of nitrogens with one attached hydrogen (secondary N) is 1. The Balaban J connectivity index is 2.15. The molecule has 2 aromatic rings. The van der Waals surface area contributed by atoms with Crippen LogP contribution in [0.5, 0.6) is 0 Å². The van der Waals surface area contributed by atoms with Gasteiger partial charge in [0.15, 0.2) is 0 Å². The van der Waals surface area contributed by atoms with Crippen LogP contribution in [0.15, 0.2) is 36.5 Å². The average molecular weight is 326 g/mol. The Morgan fingerprint density at radius 3 is 2.71 bits per heavy atom. The second kappa shape index (κ2) is 6.51. The molecule has 0 atom stereocenters. The number of amides is 1. The van der Waals surface area contributed by atoms with Crippen LogP contribution < -0.4 is 5.32 Å². The maximum atomic E-state index is 12.0. The van der Waals surface area contributed by atoms with Crippen LogP contribution in [0.1, 0.15) is 15.9 Å². The van der Waals surface area contributed by atoms with E-state index < -0.39 is 10.8 Å². The molecule has 1 amide bonds. The highest BCUT2D eigenvalue weighted by atomic mass is 35.5. The number of carbonyl (C=O) groups excluding carboxylic acids is 1. The van der Waals surface area contributed by atoms with E-state index >= 15 is 0 Å². The summed E-state index contributed by atoms with van der Waals surface area (Å²) in [5, 5.41) is 13.7. The maximum Gasteiger partial charge on any atom is 0.288 e. The summed E-state index contributed by atoms with van der Waals surface area (Å²) in [6.07, 6.45) is 0.993. The van der Waals surface area contributed by atoms with Gasteiger partial charge in [0.05, 0.1) is 10.5 Å². The summed E-state index contributed by atoms with van der Waals surface area (Å²) in [5.74, 6) is -0.559. The van der Waals surface area contributed by atoms with E-state index in [2.05, 4.69) is 10.3 Å². The van der Waals surface area contributed by atoms with Crippen LogP contribution in [0.3, 0.4) is 0 Å². The lowest BCUT2D eigenvalue weighted by Gasteiger charge is -2.07.